The lowest BCUT2D eigenvalue weighted by Gasteiger charge is -2.09. The molecule has 0 saturated heterocycles. The van der Waals surface area contributed by atoms with Gasteiger partial charge in [-0.1, -0.05) is 19.9 Å². The second-order valence-electron chi connectivity index (χ2n) is 5.60. The SMILES string of the molecule is CC(C)c1nnc(CNc2cccc(C(=O)NCCO)c2)n1C. The smallest absolute Gasteiger partial charge is 0.251 e. The first-order valence-electron chi connectivity index (χ1n) is 7.64. The van der Waals surface area contributed by atoms with Crippen molar-refractivity contribution in [3.63, 3.8) is 0 Å². The van der Waals surface area contributed by atoms with Crippen molar-refractivity contribution in [2.45, 2.75) is 26.3 Å². The fourth-order valence-corrected chi connectivity index (χ4v) is 2.26. The number of rotatable bonds is 7. The van der Waals surface area contributed by atoms with E-state index in [-0.39, 0.29) is 19.1 Å². The Bertz CT molecular complexity index is 666. The number of amides is 1. The fraction of sp³-hybridized carbons (Fsp3) is 0.438. The lowest BCUT2D eigenvalue weighted by atomic mass is 10.2. The van der Waals surface area contributed by atoms with Crippen molar-refractivity contribution < 1.29 is 9.90 Å². The predicted molar refractivity (Wildman–Crippen MR) is 88.3 cm³/mol. The molecule has 23 heavy (non-hydrogen) atoms. The average molecular weight is 317 g/mol. The molecule has 1 heterocycles. The summed E-state index contributed by atoms with van der Waals surface area (Å²) >= 11 is 0. The van der Waals surface area contributed by atoms with Crippen molar-refractivity contribution in [3.05, 3.63) is 41.5 Å². The highest BCUT2D eigenvalue weighted by molar-refractivity contribution is 5.95. The van der Waals surface area contributed by atoms with Gasteiger partial charge < -0.3 is 20.3 Å². The summed E-state index contributed by atoms with van der Waals surface area (Å²) in [5.74, 6) is 1.89. The molecule has 1 aromatic carbocycles. The Morgan fingerprint density at radius 2 is 2.13 bits per heavy atom. The Balaban J connectivity index is 2.02. The van der Waals surface area contributed by atoms with Crippen molar-refractivity contribution in [1.29, 1.82) is 0 Å². The molecule has 0 saturated carbocycles. The highest BCUT2D eigenvalue weighted by Gasteiger charge is 2.11. The Hall–Kier alpha value is -2.41. The number of nitrogens with zero attached hydrogens (tertiary/aromatic N) is 3. The Kier molecular flexibility index (Phi) is 5.70. The number of nitrogens with one attached hydrogen (secondary N) is 2. The van der Waals surface area contributed by atoms with Crippen LogP contribution >= 0.6 is 0 Å². The minimum Gasteiger partial charge on any atom is -0.395 e. The van der Waals surface area contributed by atoms with Crippen molar-refractivity contribution in [2.24, 2.45) is 7.05 Å². The van der Waals surface area contributed by atoms with Crippen LogP contribution in [-0.4, -0.2) is 38.9 Å². The summed E-state index contributed by atoms with van der Waals surface area (Å²) in [5, 5.41) is 23.0. The number of benzene rings is 1. The van der Waals surface area contributed by atoms with E-state index in [0.717, 1.165) is 17.3 Å². The van der Waals surface area contributed by atoms with Gasteiger partial charge in [-0.2, -0.15) is 0 Å². The third-order valence-corrected chi connectivity index (χ3v) is 3.49. The average Bonchev–Trinajstić information content (AvgIpc) is 2.92. The van der Waals surface area contributed by atoms with Crippen LogP contribution in [-0.2, 0) is 13.6 Å². The van der Waals surface area contributed by atoms with E-state index in [2.05, 4.69) is 34.7 Å². The van der Waals surface area contributed by atoms with Gasteiger partial charge in [0, 0.05) is 30.8 Å². The standard InChI is InChI=1S/C16H23N5O2/c1-11(2)15-20-19-14(21(15)3)10-18-13-6-4-5-12(9-13)16(23)17-7-8-22/h4-6,9,11,18,22H,7-8,10H2,1-3H3,(H,17,23). The van der Waals surface area contributed by atoms with E-state index in [1.807, 2.05) is 23.7 Å². The number of aromatic nitrogens is 3. The van der Waals surface area contributed by atoms with Crippen molar-refractivity contribution >= 4 is 11.6 Å². The highest BCUT2D eigenvalue weighted by Crippen LogP contribution is 2.14. The Labute approximate surface area is 135 Å². The maximum Gasteiger partial charge on any atom is 0.251 e. The maximum absolute atomic E-state index is 11.9. The normalized spacial score (nSPS) is 10.8. The largest absolute Gasteiger partial charge is 0.395 e. The lowest BCUT2D eigenvalue weighted by Crippen LogP contribution is -2.26. The Morgan fingerprint density at radius 1 is 1.35 bits per heavy atom. The Morgan fingerprint density at radius 3 is 2.78 bits per heavy atom. The summed E-state index contributed by atoms with van der Waals surface area (Å²) in [7, 11) is 1.95. The molecular formula is C16H23N5O2. The van der Waals surface area contributed by atoms with Gasteiger partial charge in [-0.3, -0.25) is 4.79 Å². The van der Waals surface area contributed by atoms with Crippen LogP contribution in [0.15, 0.2) is 24.3 Å². The third kappa shape index (κ3) is 4.29. The first kappa shape index (κ1) is 17.0. The summed E-state index contributed by atoms with van der Waals surface area (Å²) in [6.45, 7) is 4.85. The van der Waals surface area contributed by atoms with Gasteiger partial charge in [0.25, 0.3) is 5.91 Å². The molecule has 0 atom stereocenters. The summed E-state index contributed by atoms with van der Waals surface area (Å²) in [5.41, 5.74) is 1.38. The maximum atomic E-state index is 11.9. The quantitative estimate of drug-likeness (QED) is 0.715. The summed E-state index contributed by atoms with van der Waals surface area (Å²) in [6.07, 6.45) is 0. The lowest BCUT2D eigenvalue weighted by molar-refractivity contribution is 0.0945. The van der Waals surface area contributed by atoms with Gasteiger partial charge in [0.05, 0.1) is 13.2 Å². The molecule has 0 aliphatic heterocycles. The van der Waals surface area contributed by atoms with E-state index < -0.39 is 0 Å². The van der Waals surface area contributed by atoms with E-state index in [1.165, 1.54) is 0 Å². The molecule has 7 heteroatoms. The zero-order chi connectivity index (χ0) is 16.8. The molecule has 3 N–H and O–H groups in total. The molecule has 0 radical (unpaired) electrons. The molecule has 2 aromatic rings. The highest BCUT2D eigenvalue weighted by atomic mass is 16.3. The van der Waals surface area contributed by atoms with Crippen LogP contribution < -0.4 is 10.6 Å². The van der Waals surface area contributed by atoms with E-state index in [1.54, 1.807) is 12.1 Å². The molecule has 2 rings (SSSR count). The summed E-state index contributed by atoms with van der Waals surface area (Å²) < 4.78 is 1.98. The minimum absolute atomic E-state index is 0.0754. The molecular weight excluding hydrogens is 294 g/mol. The van der Waals surface area contributed by atoms with Gasteiger partial charge in [-0.15, -0.1) is 10.2 Å². The van der Waals surface area contributed by atoms with E-state index in [9.17, 15) is 4.79 Å². The number of carbonyl (C=O) groups is 1. The summed E-state index contributed by atoms with van der Waals surface area (Å²) in [6, 6.07) is 7.21. The van der Waals surface area contributed by atoms with Crippen molar-refractivity contribution in [1.82, 2.24) is 20.1 Å². The van der Waals surface area contributed by atoms with Gasteiger partial charge in [0.2, 0.25) is 0 Å². The topological polar surface area (TPSA) is 92.1 Å². The summed E-state index contributed by atoms with van der Waals surface area (Å²) in [4.78, 5) is 11.9. The molecule has 0 bridgehead atoms. The number of carbonyl (C=O) groups excluding carboxylic acids is 1. The van der Waals surface area contributed by atoms with Crippen LogP contribution in [0.1, 0.15) is 41.8 Å². The van der Waals surface area contributed by atoms with Gasteiger partial charge >= 0.3 is 0 Å². The number of hydrogen-bond donors (Lipinski definition) is 3. The molecule has 0 aliphatic carbocycles. The number of anilines is 1. The van der Waals surface area contributed by atoms with Crippen LogP contribution in [0, 0.1) is 0 Å². The fourth-order valence-electron chi connectivity index (χ4n) is 2.26. The third-order valence-electron chi connectivity index (χ3n) is 3.49. The molecule has 124 valence electrons. The minimum atomic E-state index is -0.205. The molecule has 1 aromatic heterocycles. The van der Waals surface area contributed by atoms with Crippen LogP contribution in [0.3, 0.4) is 0 Å². The molecule has 0 aliphatic rings. The van der Waals surface area contributed by atoms with Crippen LogP contribution in [0.4, 0.5) is 5.69 Å². The molecule has 0 spiro atoms. The van der Waals surface area contributed by atoms with E-state index in [4.69, 9.17) is 5.11 Å². The van der Waals surface area contributed by atoms with Gasteiger partial charge in [-0.05, 0) is 18.2 Å². The van der Waals surface area contributed by atoms with Crippen molar-refractivity contribution in [2.75, 3.05) is 18.5 Å². The monoisotopic (exact) mass is 317 g/mol. The van der Waals surface area contributed by atoms with Crippen LogP contribution in [0.25, 0.3) is 0 Å². The molecule has 0 fully saturated rings. The number of aliphatic hydroxyl groups is 1. The van der Waals surface area contributed by atoms with E-state index in [0.29, 0.717) is 18.0 Å². The first-order chi connectivity index (χ1) is 11.0. The van der Waals surface area contributed by atoms with Crippen LogP contribution in [0.5, 0.6) is 0 Å². The number of hydrogen-bond acceptors (Lipinski definition) is 5. The van der Waals surface area contributed by atoms with Gasteiger partial charge in [-0.25, -0.2) is 0 Å². The zero-order valence-electron chi connectivity index (χ0n) is 13.7. The zero-order valence-corrected chi connectivity index (χ0v) is 13.7. The van der Waals surface area contributed by atoms with Crippen LogP contribution in [0.2, 0.25) is 0 Å². The second kappa shape index (κ2) is 7.73. The van der Waals surface area contributed by atoms with Gasteiger partial charge in [0.1, 0.15) is 5.82 Å². The second-order valence-corrected chi connectivity index (χ2v) is 5.60. The molecule has 1 amide bonds. The van der Waals surface area contributed by atoms with E-state index >= 15 is 0 Å². The molecule has 0 unspecified atom stereocenters. The van der Waals surface area contributed by atoms with Crippen molar-refractivity contribution in [3.8, 4) is 0 Å². The first-order valence-corrected chi connectivity index (χ1v) is 7.64. The molecule has 7 nitrogen and oxygen atoms in total. The predicted octanol–water partition coefficient (Wildman–Crippen LogP) is 1.27. The number of aliphatic hydroxyl groups excluding tert-OH is 1. The van der Waals surface area contributed by atoms with Gasteiger partial charge in [0.15, 0.2) is 5.82 Å².